The molecule has 0 saturated carbocycles. The molecule has 0 fully saturated rings. The summed E-state index contributed by atoms with van der Waals surface area (Å²) in [4.78, 5) is 11.1. The van der Waals surface area contributed by atoms with Gasteiger partial charge in [-0.3, -0.25) is 4.79 Å². The lowest BCUT2D eigenvalue weighted by atomic mass is 10.3. The van der Waals surface area contributed by atoms with Gasteiger partial charge in [0.25, 0.3) is 0 Å². The Bertz CT molecular complexity index is 330. The number of thioether (sulfide) groups is 1. The van der Waals surface area contributed by atoms with Gasteiger partial charge in [0.15, 0.2) is 0 Å². The first kappa shape index (κ1) is 9.85. The lowest BCUT2D eigenvalue weighted by Crippen LogP contribution is -2.13. The second kappa shape index (κ2) is 4.13. The van der Waals surface area contributed by atoms with Crippen molar-refractivity contribution >= 4 is 23.4 Å². The van der Waals surface area contributed by atoms with Gasteiger partial charge in [-0.25, -0.2) is 4.39 Å². The van der Waals surface area contributed by atoms with Crippen molar-refractivity contribution in [1.29, 1.82) is 0 Å². The van der Waals surface area contributed by atoms with Gasteiger partial charge in [0.05, 0.1) is 5.75 Å². The van der Waals surface area contributed by atoms with Crippen molar-refractivity contribution in [3.63, 3.8) is 0 Å². The molecular weight excluding hydrogens is 191 g/mol. The predicted octanol–water partition coefficient (Wildman–Crippen LogP) is 0.985. The zero-order valence-corrected chi connectivity index (χ0v) is 7.60. The Morgan fingerprint density at radius 1 is 1.54 bits per heavy atom. The van der Waals surface area contributed by atoms with Gasteiger partial charge in [0.1, 0.15) is 5.82 Å². The van der Waals surface area contributed by atoms with E-state index in [1.807, 2.05) is 0 Å². The fraction of sp³-hybridized carbons (Fsp3) is 0.125. The Balaban J connectivity index is 2.72. The third-order valence-corrected chi connectivity index (χ3v) is 2.45. The molecule has 0 unspecified atom stereocenters. The van der Waals surface area contributed by atoms with E-state index < -0.39 is 5.91 Å². The Morgan fingerprint density at radius 2 is 2.23 bits per heavy atom. The highest BCUT2D eigenvalue weighted by molar-refractivity contribution is 8.00. The molecule has 5 heteroatoms. The molecule has 0 bridgehead atoms. The fourth-order valence-corrected chi connectivity index (χ4v) is 1.49. The number of nitrogens with two attached hydrogens (primary N) is 2. The van der Waals surface area contributed by atoms with Crippen molar-refractivity contribution in [2.75, 3.05) is 11.5 Å². The van der Waals surface area contributed by atoms with Gasteiger partial charge < -0.3 is 11.5 Å². The lowest BCUT2D eigenvalue weighted by molar-refractivity contribution is -0.115. The van der Waals surface area contributed by atoms with E-state index in [1.165, 1.54) is 30.0 Å². The molecule has 1 aromatic carbocycles. The quantitative estimate of drug-likeness (QED) is 0.564. The van der Waals surface area contributed by atoms with Gasteiger partial charge in [-0.15, -0.1) is 11.8 Å². The van der Waals surface area contributed by atoms with Crippen LogP contribution in [0.3, 0.4) is 0 Å². The summed E-state index contributed by atoms with van der Waals surface area (Å²) in [5.41, 5.74) is 10.8. The number of rotatable bonds is 3. The third-order valence-electron chi connectivity index (χ3n) is 1.34. The monoisotopic (exact) mass is 200 g/mol. The summed E-state index contributed by atoms with van der Waals surface area (Å²) in [6.45, 7) is 0. The molecule has 0 aliphatic heterocycles. The van der Waals surface area contributed by atoms with E-state index in [0.717, 1.165) is 0 Å². The van der Waals surface area contributed by atoms with Crippen LogP contribution in [0.2, 0.25) is 0 Å². The van der Waals surface area contributed by atoms with Crippen LogP contribution in [0.25, 0.3) is 0 Å². The Hall–Kier alpha value is -1.23. The summed E-state index contributed by atoms with van der Waals surface area (Å²) >= 11 is 1.20. The molecule has 0 aliphatic rings. The molecule has 3 nitrogen and oxygen atoms in total. The Kier molecular flexibility index (Phi) is 3.13. The maximum absolute atomic E-state index is 12.6. The van der Waals surface area contributed by atoms with Crippen LogP contribution in [0.1, 0.15) is 0 Å². The van der Waals surface area contributed by atoms with E-state index in [0.29, 0.717) is 10.6 Å². The molecule has 1 rings (SSSR count). The molecule has 0 atom stereocenters. The summed E-state index contributed by atoms with van der Waals surface area (Å²) in [5.74, 6) is -0.662. The minimum Gasteiger partial charge on any atom is -0.398 e. The second-order valence-electron chi connectivity index (χ2n) is 2.44. The van der Waals surface area contributed by atoms with E-state index in [2.05, 4.69) is 0 Å². The zero-order chi connectivity index (χ0) is 9.84. The molecule has 0 saturated heterocycles. The van der Waals surface area contributed by atoms with Crippen molar-refractivity contribution in [3.05, 3.63) is 24.0 Å². The smallest absolute Gasteiger partial charge is 0.227 e. The Morgan fingerprint density at radius 3 is 2.77 bits per heavy atom. The number of carbonyl (C=O) groups is 1. The van der Waals surface area contributed by atoms with E-state index in [9.17, 15) is 9.18 Å². The zero-order valence-electron chi connectivity index (χ0n) is 6.79. The van der Waals surface area contributed by atoms with Crippen molar-refractivity contribution in [2.24, 2.45) is 5.73 Å². The van der Waals surface area contributed by atoms with E-state index in [4.69, 9.17) is 11.5 Å². The number of carbonyl (C=O) groups excluding carboxylic acids is 1. The molecule has 4 N–H and O–H groups in total. The van der Waals surface area contributed by atoms with Gasteiger partial charge in [0.2, 0.25) is 5.91 Å². The summed E-state index contributed by atoms with van der Waals surface area (Å²) in [6, 6.07) is 4.03. The lowest BCUT2D eigenvalue weighted by Gasteiger charge is -2.02. The van der Waals surface area contributed by atoms with E-state index in [1.54, 1.807) is 0 Å². The highest BCUT2D eigenvalue weighted by atomic mass is 32.2. The first-order valence-electron chi connectivity index (χ1n) is 3.55. The van der Waals surface area contributed by atoms with Crippen LogP contribution < -0.4 is 11.5 Å². The minimum atomic E-state index is -0.422. The highest BCUT2D eigenvalue weighted by Crippen LogP contribution is 2.24. The average Bonchev–Trinajstić information content (AvgIpc) is 2.02. The molecule has 0 aromatic heterocycles. The molecular formula is C8H9FN2OS. The maximum Gasteiger partial charge on any atom is 0.227 e. The first-order valence-corrected chi connectivity index (χ1v) is 4.54. The van der Waals surface area contributed by atoms with Crippen LogP contribution in [0, 0.1) is 5.82 Å². The minimum absolute atomic E-state index is 0.149. The third kappa shape index (κ3) is 2.95. The van der Waals surface area contributed by atoms with Crippen LogP contribution in [0.5, 0.6) is 0 Å². The van der Waals surface area contributed by atoms with Crippen molar-refractivity contribution in [3.8, 4) is 0 Å². The molecule has 13 heavy (non-hydrogen) atoms. The Labute approximate surface area is 79.3 Å². The number of nitrogen functional groups attached to an aromatic ring is 1. The van der Waals surface area contributed by atoms with Crippen molar-refractivity contribution in [2.45, 2.75) is 4.90 Å². The highest BCUT2D eigenvalue weighted by Gasteiger charge is 2.02. The number of primary amides is 1. The second-order valence-corrected chi connectivity index (χ2v) is 3.45. The fourth-order valence-electron chi connectivity index (χ4n) is 0.800. The van der Waals surface area contributed by atoms with Crippen molar-refractivity contribution in [1.82, 2.24) is 0 Å². The van der Waals surface area contributed by atoms with E-state index in [-0.39, 0.29) is 11.6 Å². The van der Waals surface area contributed by atoms with Gasteiger partial charge in [-0.2, -0.15) is 0 Å². The predicted molar refractivity (Wildman–Crippen MR) is 50.7 cm³/mol. The van der Waals surface area contributed by atoms with Crippen LogP contribution in [0.4, 0.5) is 10.1 Å². The topological polar surface area (TPSA) is 69.1 Å². The van der Waals surface area contributed by atoms with Crippen LogP contribution in [0.15, 0.2) is 23.1 Å². The number of benzene rings is 1. The molecule has 70 valence electrons. The summed E-state index contributed by atoms with van der Waals surface area (Å²) in [5, 5.41) is 0. The molecule has 1 aromatic rings. The number of hydrogen-bond acceptors (Lipinski definition) is 3. The van der Waals surface area contributed by atoms with Crippen LogP contribution in [-0.2, 0) is 4.79 Å². The SMILES string of the molecule is NC(=O)CSc1ccc(F)cc1N. The van der Waals surface area contributed by atoms with Gasteiger partial charge >= 0.3 is 0 Å². The van der Waals surface area contributed by atoms with Crippen LogP contribution >= 0.6 is 11.8 Å². The van der Waals surface area contributed by atoms with Crippen molar-refractivity contribution < 1.29 is 9.18 Å². The van der Waals surface area contributed by atoms with Gasteiger partial charge in [-0.1, -0.05) is 0 Å². The molecule has 0 aliphatic carbocycles. The van der Waals surface area contributed by atoms with Gasteiger partial charge in [-0.05, 0) is 18.2 Å². The molecule has 0 spiro atoms. The molecule has 0 heterocycles. The van der Waals surface area contributed by atoms with E-state index >= 15 is 0 Å². The molecule has 0 radical (unpaired) electrons. The maximum atomic E-state index is 12.6. The molecule has 1 amide bonds. The number of hydrogen-bond donors (Lipinski definition) is 2. The first-order chi connectivity index (χ1) is 6.09. The van der Waals surface area contributed by atoms with Gasteiger partial charge in [0, 0.05) is 10.6 Å². The summed E-state index contributed by atoms with van der Waals surface area (Å²) in [6.07, 6.45) is 0. The average molecular weight is 200 g/mol. The number of halogens is 1. The number of anilines is 1. The van der Waals surface area contributed by atoms with Crippen LogP contribution in [-0.4, -0.2) is 11.7 Å². The standard InChI is InChI=1S/C8H9FN2OS/c9-5-1-2-7(6(10)3-5)13-4-8(11)12/h1-3H,4,10H2,(H2,11,12). The normalized spacial score (nSPS) is 9.92. The summed E-state index contributed by atoms with van der Waals surface area (Å²) in [7, 11) is 0. The summed E-state index contributed by atoms with van der Waals surface area (Å²) < 4.78 is 12.6. The number of amides is 1. The largest absolute Gasteiger partial charge is 0.398 e.